The van der Waals surface area contributed by atoms with Crippen molar-refractivity contribution in [2.24, 2.45) is 0 Å². The molecule has 2 rings (SSSR count). The maximum atomic E-state index is 5.94. The molecule has 5 heteroatoms. The van der Waals surface area contributed by atoms with Gasteiger partial charge in [-0.3, -0.25) is 0 Å². The third-order valence-corrected chi connectivity index (χ3v) is 6.10. The van der Waals surface area contributed by atoms with Crippen LogP contribution in [-0.2, 0) is 35.0 Å². The fourth-order valence-electron chi connectivity index (χ4n) is 2.05. The largest absolute Gasteiger partial charge is 0.512 e. The van der Waals surface area contributed by atoms with Gasteiger partial charge in [0.05, 0.1) is 5.54 Å². The molecular formula is C17H27O3SiTi-. The minimum atomic E-state index is -2.56. The number of hydrogen-bond acceptors (Lipinski definition) is 3. The quantitative estimate of drug-likeness (QED) is 0.513. The second-order valence-electron chi connectivity index (χ2n) is 4.58. The average Bonchev–Trinajstić information content (AvgIpc) is 3.19. The van der Waals surface area contributed by atoms with E-state index < -0.39 is 8.80 Å². The van der Waals surface area contributed by atoms with Crippen LogP contribution in [0.2, 0.25) is 5.54 Å². The molecule has 1 aliphatic carbocycles. The van der Waals surface area contributed by atoms with Crippen LogP contribution in [-0.4, -0.2) is 28.6 Å². The van der Waals surface area contributed by atoms with Crippen molar-refractivity contribution in [2.45, 2.75) is 32.7 Å². The molecule has 0 spiro atoms. The first kappa shape index (κ1) is 21.6. The minimum absolute atomic E-state index is 0. The van der Waals surface area contributed by atoms with Gasteiger partial charge in [0.2, 0.25) is 0 Å². The zero-order valence-corrected chi connectivity index (χ0v) is 16.4. The third kappa shape index (κ3) is 7.27. The predicted molar refractivity (Wildman–Crippen MR) is 89.3 cm³/mol. The molecule has 1 aliphatic rings. The SMILES string of the molecule is CCCO[Si](OCC)(OCC)C1C=CC=C1.[Ti].c1cc[cH-]c1. The molecule has 0 saturated carbocycles. The van der Waals surface area contributed by atoms with Crippen LogP contribution in [0.4, 0.5) is 0 Å². The van der Waals surface area contributed by atoms with Gasteiger partial charge in [-0.2, -0.15) is 18.2 Å². The molecule has 3 nitrogen and oxygen atoms in total. The second-order valence-corrected chi connectivity index (χ2v) is 7.32. The molecule has 0 radical (unpaired) electrons. The van der Waals surface area contributed by atoms with Gasteiger partial charge in [0.25, 0.3) is 0 Å². The Kier molecular flexibility index (Phi) is 12.9. The van der Waals surface area contributed by atoms with Crippen LogP contribution in [0.5, 0.6) is 0 Å². The molecular weight excluding hydrogens is 328 g/mol. The zero-order chi connectivity index (χ0) is 15.4. The fourth-order valence-corrected chi connectivity index (χ4v) is 4.86. The molecule has 1 aromatic rings. The summed E-state index contributed by atoms with van der Waals surface area (Å²) in [5.41, 5.74) is 0.180. The van der Waals surface area contributed by atoms with Crippen molar-refractivity contribution in [3.8, 4) is 0 Å². The van der Waals surface area contributed by atoms with Crippen LogP contribution < -0.4 is 0 Å². The smallest absolute Gasteiger partial charge is 0.373 e. The van der Waals surface area contributed by atoms with Crippen LogP contribution in [0.3, 0.4) is 0 Å². The molecule has 0 N–H and O–H groups in total. The first-order chi connectivity index (χ1) is 10.3. The number of hydrogen-bond donors (Lipinski definition) is 0. The summed E-state index contributed by atoms with van der Waals surface area (Å²) in [5.74, 6) is 0. The first-order valence-electron chi connectivity index (χ1n) is 7.72. The van der Waals surface area contributed by atoms with E-state index in [0.717, 1.165) is 6.42 Å². The summed E-state index contributed by atoms with van der Waals surface area (Å²) in [6.45, 7) is 8.03. The van der Waals surface area contributed by atoms with Crippen molar-refractivity contribution in [3.05, 3.63) is 54.6 Å². The summed E-state index contributed by atoms with van der Waals surface area (Å²) in [6.07, 6.45) is 9.25. The van der Waals surface area contributed by atoms with Crippen molar-refractivity contribution in [3.63, 3.8) is 0 Å². The van der Waals surface area contributed by atoms with E-state index >= 15 is 0 Å². The molecule has 0 bridgehead atoms. The van der Waals surface area contributed by atoms with Crippen molar-refractivity contribution < 1.29 is 35.0 Å². The Morgan fingerprint density at radius 3 is 1.82 bits per heavy atom. The molecule has 1 aromatic carbocycles. The van der Waals surface area contributed by atoms with Gasteiger partial charge in [0, 0.05) is 41.5 Å². The average molecular weight is 355 g/mol. The van der Waals surface area contributed by atoms with Crippen LogP contribution in [0.25, 0.3) is 0 Å². The van der Waals surface area contributed by atoms with Crippen molar-refractivity contribution in [2.75, 3.05) is 19.8 Å². The normalized spacial score (nSPS) is 13.6. The van der Waals surface area contributed by atoms with Crippen LogP contribution in [0.1, 0.15) is 27.2 Å². The van der Waals surface area contributed by atoms with E-state index in [0.29, 0.717) is 19.8 Å². The number of allylic oxidation sites excluding steroid dienone is 4. The standard InChI is InChI=1S/C12H22O3Si.C5H5.Ti/c1-4-11-15-16(13-5-2,14-6-3)12-9-7-8-10-12;1-2-4-5-3-1;/h7-10,12H,4-6,11H2,1-3H3;1-5H;/q;-1;. The van der Waals surface area contributed by atoms with Crippen LogP contribution >= 0.6 is 0 Å². The summed E-state index contributed by atoms with van der Waals surface area (Å²) in [6, 6.07) is 10.0. The number of rotatable bonds is 8. The van der Waals surface area contributed by atoms with Gasteiger partial charge in [-0.15, -0.1) is 0 Å². The van der Waals surface area contributed by atoms with Gasteiger partial charge in [0.1, 0.15) is 0 Å². The Hall–Kier alpha value is -0.359. The van der Waals surface area contributed by atoms with Gasteiger partial charge in [0.15, 0.2) is 0 Å². The minimum Gasteiger partial charge on any atom is -0.373 e. The molecule has 0 fully saturated rings. The fraction of sp³-hybridized carbons (Fsp3) is 0.471. The van der Waals surface area contributed by atoms with Gasteiger partial charge >= 0.3 is 8.80 Å². The monoisotopic (exact) mass is 355 g/mol. The molecule has 0 aliphatic heterocycles. The molecule has 0 aromatic heterocycles. The summed E-state index contributed by atoms with van der Waals surface area (Å²) >= 11 is 0. The topological polar surface area (TPSA) is 27.7 Å². The van der Waals surface area contributed by atoms with E-state index in [1.807, 2.05) is 56.3 Å². The van der Waals surface area contributed by atoms with Crippen LogP contribution in [0.15, 0.2) is 54.6 Å². The van der Waals surface area contributed by atoms with Crippen molar-refractivity contribution >= 4 is 8.80 Å². The van der Waals surface area contributed by atoms with E-state index in [9.17, 15) is 0 Å². The van der Waals surface area contributed by atoms with Gasteiger partial charge in [-0.25, -0.2) is 12.1 Å². The molecule has 0 amide bonds. The summed E-state index contributed by atoms with van der Waals surface area (Å²) in [4.78, 5) is 0. The Morgan fingerprint density at radius 2 is 1.45 bits per heavy atom. The predicted octanol–water partition coefficient (Wildman–Crippen LogP) is 4.32. The maximum absolute atomic E-state index is 5.94. The Labute approximate surface area is 151 Å². The van der Waals surface area contributed by atoms with Gasteiger partial charge < -0.3 is 13.3 Å². The zero-order valence-electron chi connectivity index (χ0n) is 13.8. The summed E-state index contributed by atoms with van der Waals surface area (Å²) in [5, 5.41) is 0. The van der Waals surface area contributed by atoms with Gasteiger partial charge in [-0.1, -0.05) is 31.2 Å². The van der Waals surface area contributed by atoms with E-state index in [1.165, 1.54) is 0 Å². The molecule has 0 unspecified atom stereocenters. The van der Waals surface area contributed by atoms with E-state index in [1.54, 1.807) is 0 Å². The molecule has 0 saturated heterocycles. The van der Waals surface area contributed by atoms with Crippen molar-refractivity contribution in [1.29, 1.82) is 0 Å². The second kappa shape index (κ2) is 13.1. The Bertz CT molecular complexity index is 369. The molecule has 0 atom stereocenters. The molecule has 0 heterocycles. The van der Waals surface area contributed by atoms with Crippen LogP contribution in [0, 0.1) is 0 Å². The Balaban J connectivity index is 0.000000622. The maximum Gasteiger partial charge on any atom is 0.512 e. The third-order valence-electron chi connectivity index (χ3n) is 2.91. The van der Waals surface area contributed by atoms with E-state index in [2.05, 4.69) is 19.1 Å². The summed E-state index contributed by atoms with van der Waals surface area (Å²) < 4.78 is 17.6. The summed E-state index contributed by atoms with van der Waals surface area (Å²) in [7, 11) is -2.56. The molecule has 122 valence electrons. The van der Waals surface area contributed by atoms with Crippen molar-refractivity contribution in [1.82, 2.24) is 0 Å². The van der Waals surface area contributed by atoms with E-state index in [4.69, 9.17) is 13.3 Å². The van der Waals surface area contributed by atoms with Gasteiger partial charge in [-0.05, 0) is 20.3 Å². The first-order valence-corrected chi connectivity index (χ1v) is 9.52. The van der Waals surface area contributed by atoms with E-state index in [-0.39, 0.29) is 27.3 Å². The Morgan fingerprint density at radius 1 is 0.909 bits per heavy atom. The molecule has 22 heavy (non-hydrogen) atoms.